The van der Waals surface area contributed by atoms with E-state index in [1.54, 1.807) is 26.1 Å². The topological polar surface area (TPSA) is 29.1 Å². The number of halogens is 5. The highest BCUT2D eigenvalue weighted by atomic mass is 19.2. The van der Waals surface area contributed by atoms with E-state index in [1.165, 1.54) is 0 Å². The fraction of sp³-hybridized carbons (Fsp3) is 0.417. The van der Waals surface area contributed by atoms with Crippen molar-refractivity contribution in [1.29, 1.82) is 0 Å². The minimum atomic E-state index is -2.26. The average molecular weight is 281 g/mol. The zero-order valence-electron chi connectivity index (χ0n) is 10.5. The largest absolute Gasteiger partial charge is 0.321 e. The molecule has 0 fully saturated rings. The van der Waals surface area contributed by atoms with Crippen molar-refractivity contribution in [2.45, 2.75) is 27.2 Å². The van der Waals surface area contributed by atoms with Crippen LogP contribution in [0.2, 0.25) is 0 Å². The number of carbonyl (C=O) groups excluding carboxylic acids is 1. The van der Waals surface area contributed by atoms with Gasteiger partial charge in [-0.05, 0) is 5.41 Å². The molecular formula is C12H12F5NO. The second-order valence-corrected chi connectivity index (χ2v) is 5.23. The molecule has 0 saturated carbocycles. The lowest BCUT2D eigenvalue weighted by atomic mass is 9.92. The van der Waals surface area contributed by atoms with Gasteiger partial charge in [0.05, 0.1) is 0 Å². The smallest absolute Gasteiger partial charge is 0.225 e. The first-order chi connectivity index (χ1) is 8.54. The van der Waals surface area contributed by atoms with Crippen LogP contribution in [0.4, 0.5) is 27.6 Å². The summed E-state index contributed by atoms with van der Waals surface area (Å²) in [6.07, 6.45) is -0.132. The number of rotatable bonds is 2. The van der Waals surface area contributed by atoms with Crippen molar-refractivity contribution >= 4 is 11.6 Å². The van der Waals surface area contributed by atoms with Crippen molar-refractivity contribution in [1.82, 2.24) is 0 Å². The Bertz CT molecular complexity index is 493. The second kappa shape index (κ2) is 5.14. The maximum absolute atomic E-state index is 13.3. The molecule has 1 aromatic carbocycles. The molecular weight excluding hydrogens is 269 g/mol. The van der Waals surface area contributed by atoms with Crippen molar-refractivity contribution in [3.05, 3.63) is 29.1 Å². The maximum Gasteiger partial charge on any atom is 0.225 e. The summed E-state index contributed by atoms with van der Waals surface area (Å²) in [6, 6.07) is 0. The number of benzene rings is 1. The molecule has 0 spiro atoms. The van der Waals surface area contributed by atoms with Crippen LogP contribution in [0.15, 0.2) is 0 Å². The van der Waals surface area contributed by atoms with Gasteiger partial charge < -0.3 is 5.32 Å². The molecule has 1 amide bonds. The Morgan fingerprint density at radius 1 is 0.895 bits per heavy atom. The summed E-state index contributed by atoms with van der Waals surface area (Å²) in [5.74, 6) is -11.4. The fourth-order valence-corrected chi connectivity index (χ4v) is 1.38. The van der Waals surface area contributed by atoms with E-state index in [0.717, 1.165) is 0 Å². The van der Waals surface area contributed by atoms with Gasteiger partial charge in [-0.2, -0.15) is 0 Å². The molecule has 0 bridgehead atoms. The van der Waals surface area contributed by atoms with Gasteiger partial charge in [-0.25, -0.2) is 22.0 Å². The van der Waals surface area contributed by atoms with Gasteiger partial charge in [-0.3, -0.25) is 4.79 Å². The van der Waals surface area contributed by atoms with Crippen molar-refractivity contribution in [2.24, 2.45) is 5.41 Å². The van der Waals surface area contributed by atoms with Crippen LogP contribution in [0.1, 0.15) is 27.2 Å². The Labute approximate surface area is 106 Å². The summed E-state index contributed by atoms with van der Waals surface area (Å²) < 4.78 is 65.0. The summed E-state index contributed by atoms with van der Waals surface area (Å²) in [5.41, 5.74) is -1.82. The van der Waals surface area contributed by atoms with Crippen LogP contribution in [0.3, 0.4) is 0 Å². The van der Waals surface area contributed by atoms with E-state index in [2.05, 4.69) is 0 Å². The molecule has 19 heavy (non-hydrogen) atoms. The van der Waals surface area contributed by atoms with Crippen LogP contribution in [0, 0.1) is 34.5 Å². The lowest BCUT2D eigenvalue weighted by Crippen LogP contribution is -2.22. The van der Waals surface area contributed by atoms with Crippen LogP contribution in [0.25, 0.3) is 0 Å². The molecule has 106 valence electrons. The van der Waals surface area contributed by atoms with Gasteiger partial charge in [-0.1, -0.05) is 20.8 Å². The third-order valence-electron chi connectivity index (χ3n) is 2.17. The summed E-state index contributed by atoms with van der Waals surface area (Å²) in [7, 11) is 0. The lowest BCUT2D eigenvalue weighted by molar-refractivity contribution is -0.117. The maximum atomic E-state index is 13.3. The molecule has 0 aliphatic carbocycles. The van der Waals surface area contributed by atoms with Crippen molar-refractivity contribution in [3.63, 3.8) is 0 Å². The normalized spacial score (nSPS) is 11.6. The van der Waals surface area contributed by atoms with E-state index < -0.39 is 46.1 Å². The molecule has 0 atom stereocenters. The number of amides is 1. The first-order valence-electron chi connectivity index (χ1n) is 5.36. The van der Waals surface area contributed by atoms with Gasteiger partial charge in [-0.15, -0.1) is 0 Å². The summed E-state index contributed by atoms with van der Waals surface area (Å²) in [5, 5.41) is 1.71. The zero-order valence-corrected chi connectivity index (χ0v) is 10.5. The van der Waals surface area contributed by atoms with Crippen LogP contribution >= 0.6 is 0 Å². The van der Waals surface area contributed by atoms with Crippen LogP contribution in [-0.4, -0.2) is 5.91 Å². The van der Waals surface area contributed by atoms with Gasteiger partial charge in [0.25, 0.3) is 0 Å². The molecule has 0 saturated heterocycles. The number of nitrogens with one attached hydrogen (secondary N) is 1. The second-order valence-electron chi connectivity index (χ2n) is 5.23. The number of hydrogen-bond donors (Lipinski definition) is 1. The van der Waals surface area contributed by atoms with E-state index >= 15 is 0 Å². The van der Waals surface area contributed by atoms with Gasteiger partial charge in [0.2, 0.25) is 11.7 Å². The van der Waals surface area contributed by atoms with Gasteiger partial charge >= 0.3 is 0 Å². The molecule has 0 unspecified atom stereocenters. The quantitative estimate of drug-likeness (QED) is 0.499. The molecule has 0 aliphatic rings. The molecule has 2 nitrogen and oxygen atoms in total. The number of anilines is 1. The van der Waals surface area contributed by atoms with Gasteiger partial charge in [0.15, 0.2) is 23.3 Å². The Kier molecular flexibility index (Phi) is 4.17. The highest BCUT2D eigenvalue weighted by Crippen LogP contribution is 2.28. The van der Waals surface area contributed by atoms with E-state index in [1.807, 2.05) is 0 Å². The first-order valence-corrected chi connectivity index (χ1v) is 5.36. The molecule has 1 N–H and O–H groups in total. The standard InChI is InChI=1S/C12H12F5NO/c1-12(2,3)4-5(19)18-11-9(16)7(14)6(13)8(15)10(11)17/h4H2,1-3H3,(H,18,19). The highest BCUT2D eigenvalue weighted by Gasteiger charge is 2.27. The van der Waals surface area contributed by atoms with Crippen LogP contribution < -0.4 is 5.32 Å². The molecule has 0 aliphatic heterocycles. The third kappa shape index (κ3) is 3.42. The fourth-order valence-electron chi connectivity index (χ4n) is 1.38. The van der Waals surface area contributed by atoms with Crippen LogP contribution in [-0.2, 0) is 4.79 Å². The summed E-state index contributed by atoms with van der Waals surface area (Å²) in [4.78, 5) is 11.5. The van der Waals surface area contributed by atoms with Crippen molar-refractivity contribution < 1.29 is 26.7 Å². The number of carbonyl (C=O) groups is 1. The van der Waals surface area contributed by atoms with E-state index in [0.29, 0.717) is 0 Å². The first kappa shape index (κ1) is 15.4. The van der Waals surface area contributed by atoms with E-state index in [9.17, 15) is 26.7 Å². The lowest BCUT2D eigenvalue weighted by Gasteiger charge is -2.17. The Morgan fingerprint density at radius 3 is 1.63 bits per heavy atom. The highest BCUT2D eigenvalue weighted by molar-refractivity contribution is 5.91. The molecule has 1 aromatic rings. The van der Waals surface area contributed by atoms with Crippen molar-refractivity contribution in [2.75, 3.05) is 5.32 Å². The van der Waals surface area contributed by atoms with Crippen molar-refractivity contribution in [3.8, 4) is 0 Å². The molecule has 1 rings (SSSR count). The molecule has 0 aromatic heterocycles. The van der Waals surface area contributed by atoms with Crippen LogP contribution in [0.5, 0.6) is 0 Å². The minimum Gasteiger partial charge on any atom is -0.321 e. The zero-order chi connectivity index (χ0) is 15.0. The van der Waals surface area contributed by atoms with Gasteiger partial charge in [0, 0.05) is 6.42 Å². The van der Waals surface area contributed by atoms with Gasteiger partial charge in [0.1, 0.15) is 5.69 Å². The molecule has 0 heterocycles. The minimum absolute atomic E-state index is 0.132. The monoisotopic (exact) mass is 281 g/mol. The summed E-state index contributed by atoms with van der Waals surface area (Å²) in [6.45, 7) is 5.06. The van der Waals surface area contributed by atoms with E-state index in [4.69, 9.17) is 0 Å². The molecule has 7 heteroatoms. The predicted molar refractivity (Wildman–Crippen MR) is 58.9 cm³/mol. The Morgan fingerprint density at radius 2 is 1.26 bits per heavy atom. The Hall–Kier alpha value is -1.66. The number of hydrogen-bond acceptors (Lipinski definition) is 1. The summed E-state index contributed by atoms with van der Waals surface area (Å²) >= 11 is 0. The SMILES string of the molecule is CC(C)(C)CC(=O)Nc1c(F)c(F)c(F)c(F)c1F. The third-order valence-corrected chi connectivity index (χ3v) is 2.17. The van der Waals surface area contributed by atoms with E-state index in [-0.39, 0.29) is 6.42 Å². The Balaban J connectivity index is 3.13. The molecule has 0 radical (unpaired) electrons. The average Bonchev–Trinajstić information content (AvgIpc) is 2.27. The predicted octanol–water partition coefficient (Wildman–Crippen LogP) is 3.76.